The number of nitrogens with zero attached hydrogens (tertiary/aromatic N) is 3. The largest absolute Gasteiger partial charge is 0.487 e. The van der Waals surface area contributed by atoms with Gasteiger partial charge in [0.2, 0.25) is 0 Å². The number of hydrogen-bond acceptors (Lipinski definition) is 5. The third-order valence-electron chi connectivity index (χ3n) is 5.00. The van der Waals surface area contributed by atoms with E-state index in [4.69, 9.17) is 44.1 Å². The summed E-state index contributed by atoms with van der Waals surface area (Å²) in [4.78, 5) is 12.9. The Bertz CT molecular complexity index is 1300. The summed E-state index contributed by atoms with van der Waals surface area (Å²) < 4.78 is 12.7. The van der Waals surface area contributed by atoms with Crippen LogP contribution in [0.5, 0.6) is 5.75 Å². The number of aryl methyl sites for hydroxylation is 2. The number of ether oxygens (including phenoxy) is 1. The summed E-state index contributed by atoms with van der Waals surface area (Å²) in [5.41, 5.74) is 2.20. The van der Waals surface area contributed by atoms with E-state index in [1.165, 1.54) is 0 Å². The highest BCUT2D eigenvalue weighted by atomic mass is 35.5. The Morgan fingerprint density at radius 1 is 1.03 bits per heavy atom. The zero-order chi connectivity index (χ0) is 23.5. The van der Waals surface area contributed by atoms with Crippen molar-refractivity contribution in [2.24, 2.45) is 0 Å². The van der Waals surface area contributed by atoms with Gasteiger partial charge in [-0.3, -0.25) is 9.48 Å². The van der Waals surface area contributed by atoms with Gasteiger partial charge in [0.05, 0.1) is 17.1 Å². The Hall–Kier alpha value is -3.00. The zero-order valence-electron chi connectivity index (χ0n) is 17.7. The lowest BCUT2D eigenvalue weighted by molar-refractivity contribution is 0.101. The lowest BCUT2D eigenvalue weighted by Crippen LogP contribution is -2.16. The fraction of sp³-hybridized carbons (Fsp3) is 0.174. The van der Waals surface area contributed by atoms with Crippen LogP contribution in [0.25, 0.3) is 0 Å². The molecule has 0 spiro atoms. The lowest BCUT2D eigenvalue weighted by Gasteiger charge is -2.09. The second-order valence-corrected chi connectivity index (χ2v) is 8.49. The van der Waals surface area contributed by atoms with E-state index in [-0.39, 0.29) is 12.3 Å². The van der Waals surface area contributed by atoms with Crippen LogP contribution in [0.2, 0.25) is 15.1 Å². The molecule has 4 rings (SSSR count). The van der Waals surface area contributed by atoms with E-state index in [2.05, 4.69) is 15.6 Å². The van der Waals surface area contributed by atoms with Crippen molar-refractivity contribution < 1.29 is 14.1 Å². The van der Waals surface area contributed by atoms with Crippen LogP contribution in [0.4, 0.5) is 5.82 Å². The van der Waals surface area contributed by atoms with Gasteiger partial charge in [0.15, 0.2) is 11.5 Å². The van der Waals surface area contributed by atoms with Crippen molar-refractivity contribution in [3.05, 3.63) is 91.9 Å². The first kappa shape index (κ1) is 23.2. The van der Waals surface area contributed by atoms with Gasteiger partial charge in [-0.25, -0.2) is 0 Å². The fourth-order valence-corrected chi connectivity index (χ4v) is 3.90. The smallest absolute Gasteiger partial charge is 0.279 e. The summed E-state index contributed by atoms with van der Waals surface area (Å²) >= 11 is 18.7. The Morgan fingerprint density at radius 2 is 1.73 bits per heavy atom. The first-order valence-corrected chi connectivity index (χ1v) is 11.1. The van der Waals surface area contributed by atoms with E-state index < -0.39 is 5.91 Å². The number of halogens is 3. The number of aromatic nitrogens is 3. The molecule has 0 saturated carbocycles. The number of carbonyl (C=O) groups is 1. The predicted molar refractivity (Wildman–Crippen MR) is 128 cm³/mol. The molecule has 0 aliphatic rings. The second-order valence-electron chi connectivity index (χ2n) is 7.27. The molecule has 0 unspecified atom stereocenters. The first-order valence-electron chi connectivity index (χ1n) is 9.94. The van der Waals surface area contributed by atoms with Crippen LogP contribution >= 0.6 is 34.8 Å². The number of para-hydroxylation sites is 1. The van der Waals surface area contributed by atoms with Crippen LogP contribution in [0.3, 0.4) is 0 Å². The minimum atomic E-state index is -0.468. The predicted octanol–water partition coefficient (Wildman–Crippen LogP) is 6.33. The Kier molecular flexibility index (Phi) is 6.93. The van der Waals surface area contributed by atoms with Crippen molar-refractivity contribution in [2.75, 3.05) is 5.32 Å². The standard InChI is InChI=1S/C23H19Cl3N4O3/c1-13-10-21(28-30(13)11-15-17(24)7-5-8-18(15)25)27-23(31)22-16(14(2)33-29-22)12-32-20-9-4-3-6-19(20)26/h3-10H,11-12H2,1-2H3,(H,27,28,31). The van der Waals surface area contributed by atoms with Gasteiger partial charge in [0.25, 0.3) is 5.91 Å². The maximum absolute atomic E-state index is 12.9. The minimum absolute atomic E-state index is 0.0697. The number of amides is 1. The van der Waals surface area contributed by atoms with Crippen LogP contribution in [0.1, 0.15) is 33.1 Å². The van der Waals surface area contributed by atoms with E-state index in [0.717, 1.165) is 11.3 Å². The van der Waals surface area contributed by atoms with Gasteiger partial charge in [-0.1, -0.05) is 58.2 Å². The molecular weight excluding hydrogens is 487 g/mol. The third kappa shape index (κ3) is 5.16. The monoisotopic (exact) mass is 504 g/mol. The summed E-state index contributed by atoms with van der Waals surface area (Å²) in [6.45, 7) is 4.01. The third-order valence-corrected chi connectivity index (χ3v) is 6.02. The number of benzene rings is 2. The van der Waals surface area contributed by atoms with Crippen molar-refractivity contribution in [1.29, 1.82) is 0 Å². The molecule has 2 heterocycles. The molecule has 0 bridgehead atoms. The number of rotatable bonds is 7. The van der Waals surface area contributed by atoms with E-state index in [9.17, 15) is 4.79 Å². The molecule has 170 valence electrons. The van der Waals surface area contributed by atoms with Gasteiger partial charge in [-0.2, -0.15) is 5.10 Å². The molecule has 7 nitrogen and oxygen atoms in total. The number of nitrogens with one attached hydrogen (secondary N) is 1. The molecule has 4 aromatic rings. The number of carbonyl (C=O) groups excluding carboxylic acids is 1. The Labute approximate surface area is 205 Å². The summed E-state index contributed by atoms with van der Waals surface area (Å²) in [6, 6.07) is 14.1. The molecule has 0 saturated heterocycles. The van der Waals surface area contributed by atoms with Crippen LogP contribution in [-0.2, 0) is 13.2 Å². The Morgan fingerprint density at radius 3 is 2.45 bits per heavy atom. The van der Waals surface area contributed by atoms with Crippen molar-refractivity contribution in [1.82, 2.24) is 14.9 Å². The first-order chi connectivity index (χ1) is 15.8. The average Bonchev–Trinajstić information content (AvgIpc) is 3.32. The fourth-order valence-electron chi connectivity index (χ4n) is 3.19. The van der Waals surface area contributed by atoms with Gasteiger partial charge < -0.3 is 14.6 Å². The van der Waals surface area contributed by atoms with Crippen LogP contribution < -0.4 is 10.1 Å². The van der Waals surface area contributed by atoms with Gasteiger partial charge in [-0.15, -0.1) is 0 Å². The highest BCUT2D eigenvalue weighted by Crippen LogP contribution is 2.27. The van der Waals surface area contributed by atoms with Crippen LogP contribution in [0, 0.1) is 13.8 Å². The van der Waals surface area contributed by atoms with Crippen LogP contribution in [-0.4, -0.2) is 20.8 Å². The van der Waals surface area contributed by atoms with E-state index in [1.54, 1.807) is 54.1 Å². The summed E-state index contributed by atoms with van der Waals surface area (Å²) in [5.74, 6) is 0.866. The highest BCUT2D eigenvalue weighted by Gasteiger charge is 2.22. The van der Waals surface area contributed by atoms with Crippen molar-refractivity contribution in [3.63, 3.8) is 0 Å². The molecule has 0 aliphatic heterocycles. The van der Waals surface area contributed by atoms with E-state index in [0.29, 0.717) is 44.5 Å². The van der Waals surface area contributed by atoms with E-state index >= 15 is 0 Å². The SMILES string of the molecule is Cc1onc(C(=O)Nc2cc(C)n(Cc3c(Cl)cccc3Cl)n2)c1COc1ccccc1Cl. The van der Waals surface area contributed by atoms with Crippen LogP contribution in [0.15, 0.2) is 53.1 Å². The van der Waals surface area contributed by atoms with Gasteiger partial charge in [0, 0.05) is 27.4 Å². The quantitative estimate of drug-likeness (QED) is 0.317. The Balaban J connectivity index is 1.49. The number of anilines is 1. The minimum Gasteiger partial charge on any atom is -0.487 e. The maximum atomic E-state index is 12.9. The van der Waals surface area contributed by atoms with Gasteiger partial charge >= 0.3 is 0 Å². The molecule has 1 N–H and O–H groups in total. The molecule has 0 atom stereocenters. The van der Waals surface area contributed by atoms with E-state index in [1.807, 2.05) is 13.0 Å². The number of hydrogen-bond donors (Lipinski definition) is 1. The molecule has 1 amide bonds. The maximum Gasteiger partial charge on any atom is 0.279 e. The summed E-state index contributed by atoms with van der Waals surface area (Å²) in [5, 5.41) is 12.7. The molecule has 2 aromatic carbocycles. The van der Waals surface area contributed by atoms with Gasteiger partial charge in [0.1, 0.15) is 18.1 Å². The van der Waals surface area contributed by atoms with Gasteiger partial charge in [-0.05, 0) is 38.1 Å². The molecule has 0 aliphatic carbocycles. The summed E-state index contributed by atoms with van der Waals surface area (Å²) in [7, 11) is 0. The van der Waals surface area contributed by atoms with Crippen molar-refractivity contribution in [2.45, 2.75) is 27.0 Å². The zero-order valence-corrected chi connectivity index (χ0v) is 20.0. The molecule has 0 fully saturated rings. The second kappa shape index (κ2) is 9.87. The van der Waals surface area contributed by atoms with Crippen molar-refractivity contribution in [3.8, 4) is 5.75 Å². The summed E-state index contributed by atoms with van der Waals surface area (Å²) in [6.07, 6.45) is 0. The van der Waals surface area contributed by atoms with Crippen molar-refractivity contribution >= 4 is 46.5 Å². The highest BCUT2D eigenvalue weighted by molar-refractivity contribution is 6.36. The molecule has 2 aromatic heterocycles. The molecular formula is C23H19Cl3N4O3. The molecule has 10 heteroatoms. The lowest BCUT2D eigenvalue weighted by atomic mass is 10.2. The normalized spacial score (nSPS) is 10.9. The average molecular weight is 506 g/mol. The topological polar surface area (TPSA) is 82.2 Å². The molecule has 33 heavy (non-hydrogen) atoms. The molecule has 0 radical (unpaired) electrons.